The normalized spacial score (nSPS) is 10.6. The Morgan fingerprint density at radius 3 is 2.50 bits per heavy atom. The maximum Gasteiger partial charge on any atom is 0.339 e. The first kappa shape index (κ1) is 13.3. The van der Waals surface area contributed by atoms with Crippen LogP contribution in [0, 0.1) is 0 Å². The Balaban J connectivity index is 2.83. The maximum atomic E-state index is 11.8. The highest BCUT2D eigenvalue weighted by Gasteiger charge is 2.16. The summed E-state index contributed by atoms with van der Waals surface area (Å²) in [6.45, 7) is 3.95. The Labute approximate surface area is 106 Å². The van der Waals surface area contributed by atoms with Crippen LogP contribution in [0.15, 0.2) is 18.2 Å². The fourth-order valence-electron chi connectivity index (χ4n) is 1.32. The first-order valence-corrected chi connectivity index (χ1v) is 6.00. The van der Waals surface area contributed by atoms with Crippen LogP contribution in [0.5, 0.6) is 0 Å². The van der Waals surface area contributed by atoms with Crippen molar-refractivity contribution in [3.05, 3.63) is 33.8 Å². The second-order valence-electron chi connectivity index (χ2n) is 3.47. The van der Waals surface area contributed by atoms with Crippen molar-refractivity contribution in [2.24, 2.45) is 0 Å². The van der Waals surface area contributed by atoms with E-state index in [1.165, 1.54) is 6.07 Å². The second-order valence-corrected chi connectivity index (χ2v) is 4.31. The highest BCUT2D eigenvalue weighted by atomic mass is 35.5. The van der Waals surface area contributed by atoms with Gasteiger partial charge in [-0.15, -0.1) is 0 Å². The first-order chi connectivity index (χ1) is 7.58. The summed E-state index contributed by atoms with van der Waals surface area (Å²) in [6.07, 6.45) is 1.52. The number of halogens is 2. The molecule has 0 fully saturated rings. The van der Waals surface area contributed by atoms with Crippen LogP contribution in [0.25, 0.3) is 0 Å². The summed E-state index contributed by atoms with van der Waals surface area (Å²) in [4.78, 5) is 11.8. The van der Waals surface area contributed by atoms with Gasteiger partial charge in [0.15, 0.2) is 0 Å². The number of carbonyl (C=O) groups is 1. The van der Waals surface area contributed by atoms with Gasteiger partial charge in [-0.1, -0.05) is 37.0 Å². The predicted molar refractivity (Wildman–Crippen MR) is 66.2 cm³/mol. The summed E-state index contributed by atoms with van der Waals surface area (Å²) in [7, 11) is 0. The number of carbonyl (C=O) groups excluding carboxylic acids is 1. The van der Waals surface area contributed by atoms with Crippen molar-refractivity contribution in [3.63, 3.8) is 0 Å². The van der Waals surface area contributed by atoms with Crippen molar-refractivity contribution in [1.82, 2.24) is 0 Å². The zero-order chi connectivity index (χ0) is 12.1. The Morgan fingerprint density at radius 2 is 1.94 bits per heavy atom. The average Bonchev–Trinajstić information content (AvgIpc) is 2.28. The smallest absolute Gasteiger partial charge is 0.339 e. The Morgan fingerprint density at radius 1 is 1.31 bits per heavy atom. The van der Waals surface area contributed by atoms with Gasteiger partial charge in [-0.25, -0.2) is 4.79 Å². The molecule has 1 aromatic rings. The minimum atomic E-state index is -0.416. The van der Waals surface area contributed by atoms with Crippen LogP contribution in [-0.4, -0.2) is 12.1 Å². The molecule has 2 nitrogen and oxygen atoms in total. The largest absolute Gasteiger partial charge is 0.459 e. The fraction of sp³-hybridized carbons (Fsp3) is 0.417. The summed E-state index contributed by atoms with van der Waals surface area (Å²) in [5, 5.41) is 0.834. The number of ether oxygens (including phenoxy) is 1. The van der Waals surface area contributed by atoms with Gasteiger partial charge in [-0.05, 0) is 31.0 Å². The molecule has 0 spiro atoms. The van der Waals surface area contributed by atoms with Gasteiger partial charge < -0.3 is 4.74 Å². The molecule has 0 aliphatic carbocycles. The molecular formula is C12H14Cl2O2. The molecule has 0 saturated heterocycles. The molecule has 0 atom stereocenters. The van der Waals surface area contributed by atoms with Crippen LogP contribution < -0.4 is 0 Å². The predicted octanol–water partition coefficient (Wildman–Crippen LogP) is 4.34. The number of esters is 1. The summed E-state index contributed by atoms with van der Waals surface area (Å²) >= 11 is 11.7. The van der Waals surface area contributed by atoms with Crippen molar-refractivity contribution >= 4 is 29.2 Å². The summed E-state index contributed by atoms with van der Waals surface area (Å²) < 4.78 is 5.29. The average molecular weight is 261 g/mol. The zero-order valence-corrected chi connectivity index (χ0v) is 10.8. The number of hydrogen-bond donors (Lipinski definition) is 0. The summed E-state index contributed by atoms with van der Waals surface area (Å²) in [5.74, 6) is -0.416. The lowest BCUT2D eigenvalue weighted by Crippen LogP contribution is -2.16. The minimum absolute atomic E-state index is 0.0671. The molecular weight excluding hydrogens is 247 g/mol. The van der Waals surface area contributed by atoms with E-state index < -0.39 is 5.97 Å². The van der Waals surface area contributed by atoms with Gasteiger partial charge in [0.25, 0.3) is 0 Å². The Kier molecular flexibility index (Phi) is 5.10. The van der Waals surface area contributed by atoms with E-state index >= 15 is 0 Å². The van der Waals surface area contributed by atoms with Gasteiger partial charge in [-0.2, -0.15) is 0 Å². The van der Waals surface area contributed by atoms with Crippen LogP contribution >= 0.6 is 23.2 Å². The molecule has 0 bridgehead atoms. The van der Waals surface area contributed by atoms with Crippen LogP contribution in [-0.2, 0) is 4.74 Å². The molecule has 4 heteroatoms. The number of benzene rings is 1. The van der Waals surface area contributed by atoms with Crippen molar-refractivity contribution in [3.8, 4) is 0 Å². The fourth-order valence-corrected chi connectivity index (χ4v) is 1.69. The van der Waals surface area contributed by atoms with E-state index in [-0.39, 0.29) is 6.10 Å². The van der Waals surface area contributed by atoms with E-state index in [4.69, 9.17) is 27.9 Å². The zero-order valence-electron chi connectivity index (χ0n) is 9.30. The minimum Gasteiger partial charge on any atom is -0.459 e. The van der Waals surface area contributed by atoms with Gasteiger partial charge in [0, 0.05) is 5.02 Å². The Hall–Kier alpha value is -0.730. The van der Waals surface area contributed by atoms with Crippen molar-refractivity contribution in [2.75, 3.05) is 0 Å². The van der Waals surface area contributed by atoms with E-state index in [2.05, 4.69) is 0 Å². The molecule has 0 radical (unpaired) electrons. The molecule has 0 amide bonds. The molecule has 88 valence electrons. The molecule has 0 aromatic heterocycles. The topological polar surface area (TPSA) is 26.3 Å². The van der Waals surface area contributed by atoms with Gasteiger partial charge in [0.05, 0.1) is 10.6 Å². The molecule has 0 saturated carbocycles. The molecule has 0 N–H and O–H groups in total. The van der Waals surface area contributed by atoms with E-state index in [0.29, 0.717) is 15.6 Å². The molecule has 0 heterocycles. The molecule has 0 aliphatic rings. The van der Waals surface area contributed by atoms with Crippen LogP contribution in [0.3, 0.4) is 0 Å². The Bertz CT molecular complexity index is 373. The third-order valence-corrected chi connectivity index (χ3v) is 2.90. The second kappa shape index (κ2) is 6.12. The SMILES string of the molecule is CCC(CC)OC(=O)c1cc(Cl)ccc1Cl. The third-order valence-electron chi connectivity index (χ3n) is 2.33. The lowest BCUT2D eigenvalue weighted by atomic mass is 10.2. The van der Waals surface area contributed by atoms with Crippen molar-refractivity contribution in [2.45, 2.75) is 32.8 Å². The van der Waals surface area contributed by atoms with Crippen molar-refractivity contribution in [1.29, 1.82) is 0 Å². The quantitative estimate of drug-likeness (QED) is 0.753. The van der Waals surface area contributed by atoms with Gasteiger partial charge in [0.2, 0.25) is 0 Å². The van der Waals surface area contributed by atoms with Gasteiger partial charge in [-0.3, -0.25) is 0 Å². The molecule has 1 aromatic carbocycles. The molecule has 0 unspecified atom stereocenters. The van der Waals surface area contributed by atoms with Gasteiger partial charge in [0.1, 0.15) is 6.10 Å². The highest BCUT2D eigenvalue weighted by molar-refractivity contribution is 6.35. The van der Waals surface area contributed by atoms with E-state index in [9.17, 15) is 4.79 Å². The van der Waals surface area contributed by atoms with Crippen molar-refractivity contribution < 1.29 is 9.53 Å². The standard InChI is InChI=1S/C12H14Cl2O2/c1-3-9(4-2)16-12(15)10-7-8(13)5-6-11(10)14/h5-7,9H,3-4H2,1-2H3. The summed E-state index contributed by atoms with van der Waals surface area (Å²) in [6, 6.07) is 4.75. The monoisotopic (exact) mass is 260 g/mol. The third kappa shape index (κ3) is 3.39. The highest BCUT2D eigenvalue weighted by Crippen LogP contribution is 2.22. The van der Waals surface area contributed by atoms with E-state index in [1.807, 2.05) is 13.8 Å². The number of rotatable bonds is 4. The first-order valence-electron chi connectivity index (χ1n) is 5.24. The van der Waals surface area contributed by atoms with Crippen LogP contribution in [0.4, 0.5) is 0 Å². The summed E-state index contributed by atoms with van der Waals surface area (Å²) in [5.41, 5.74) is 0.320. The van der Waals surface area contributed by atoms with Gasteiger partial charge >= 0.3 is 5.97 Å². The molecule has 16 heavy (non-hydrogen) atoms. The van der Waals surface area contributed by atoms with Crippen LogP contribution in [0.1, 0.15) is 37.0 Å². The lowest BCUT2D eigenvalue weighted by Gasteiger charge is -2.14. The maximum absolute atomic E-state index is 11.8. The molecule has 0 aliphatic heterocycles. The molecule has 1 rings (SSSR count). The lowest BCUT2D eigenvalue weighted by molar-refractivity contribution is 0.0284. The van der Waals surface area contributed by atoms with Crippen LogP contribution in [0.2, 0.25) is 10.0 Å². The number of hydrogen-bond acceptors (Lipinski definition) is 2. The van der Waals surface area contributed by atoms with E-state index in [0.717, 1.165) is 12.8 Å². The van der Waals surface area contributed by atoms with E-state index in [1.54, 1.807) is 12.1 Å².